The molecule has 2 fully saturated rings. The van der Waals surface area contributed by atoms with Gasteiger partial charge in [-0.25, -0.2) is 0 Å². The van der Waals surface area contributed by atoms with E-state index in [-0.39, 0.29) is 36.6 Å². The van der Waals surface area contributed by atoms with Gasteiger partial charge < -0.3 is 15.1 Å². The highest BCUT2D eigenvalue weighted by Crippen LogP contribution is 2.29. The summed E-state index contributed by atoms with van der Waals surface area (Å²) in [4.78, 5) is 17.7. The molecule has 1 N–H and O–H groups in total. The van der Waals surface area contributed by atoms with Crippen molar-refractivity contribution in [3.8, 4) is 0 Å². The van der Waals surface area contributed by atoms with Crippen LogP contribution in [0, 0.1) is 5.92 Å². The van der Waals surface area contributed by atoms with E-state index < -0.39 is 0 Å². The smallest absolute Gasteiger partial charge is 0.227 e. The van der Waals surface area contributed by atoms with E-state index in [0.29, 0.717) is 5.91 Å². The minimum Gasteiger partial charge on any atom is -0.370 e. The molecule has 0 spiro atoms. The average Bonchev–Trinajstić information content (AvgIpc) is 3.24. The lowest BCUT2D eigenvalue weighted by Gasteiger charge is -2.27. The van der Waals surface area contributed by atoms with Gasteiger partial charge in [0.25, 0.3) is 0 Å². The van der Waals surface area contributed by atoms with Gasteiger partial charge in [-0.2, -0.15) is 5.10 Å². The lowest BCUT2D eigenvalue weighted by molar-refractivity contribution is -0.135. The molecular formula is C20H29Cl2N5O. The minimum atomic E-state index is 0. The maximum Gasteiger partial charge on any atom is 0.227 e. The van der Waals surface area contributed by atoms with Crippen molar-refractivity contribution in [3.05, 3.63) is 48.3 Å². The highest BCUT2D eigenvalue weighted by molar-refractivity contribution is 5.85. The van der Waals surface area contributed by atoms with Crippen LogP contribution in [0.15, 0.2) is 42.7 Å². The number of rotatable bonds is 3. The molecule has 0 radical (unpaired) electrons. The Morgan fingerprint density at radius 2 is 1.86 bits per heavy atom. The predicted octanol–water partition coefficient (Wildman–Crippen LogP) is 2.31. The monoisotopic (exact) mass is 425 g/mol. The molecule has 2 saturated heterocycles. The van der Waals surface area contributed by atoms with Crippen molar-refractivity contribution in [1.82, 2.24) is 20.0 Å². The summed E-state index contributed by atoms with van der Waals surface area (Å²) in [6, 6.07) is 10.5. The summed E-state index contributed by atoms with van der Waals surface area (Å²) in [5.41, 5.74) is 2.41. The molecular weight excluding hydrogens is 397 g/mol. The van der Waals surface area contributed by atoms with E-state index in [4.69, 9.17) is 0 Å². The van der Waals surface area contributed by atoms with Gasteiger partial charge in [-0.15, -0.1) is 24.8 Å². The molecule has 1 amide bonds. The predicted molar refractivity (Wildman–Crippen MR) is 117 cm³/mol. The highest BCUT2D eigenvalue weighted by Gasteiger charge is 2.37. The van der Waals surface area contributed by atoms with E-state index in [2.05, 4.69) is 44.5 Å². The molecule has 1 aromatic heterocycles. The summed E-state index contributed by atoms with van der Waals surface area (Å²) < 4.78 is 1.82. The molecule has 28 heavy (non-hydrogen) atoms. The second-order valence-electron chi connectivity index (χ2n) is 7.32. The zero-order valence-corrected chi connectivity index (χ0v) is 17.8. The highest BCUT2D eigenvalue weighted by atomic mass is 35.5. The molecule has 3 heterocycles. The molecule has 4 rings (SSSR count). The van der Waals surface area contributed by atoms with Crippen LogP contribution in [0.3, 0.4) is 0 Å². The van der Waals surface area contributed by atoms with Crippen LogP contribution in [0.1, 0.15) is 17.9 Å². The number of halogens is 2. The molecule has 6 nitrogen and oxygen atoms in total. The molecule has 1 aromatic carbocycles. The van der Waals surface area contributed by atoms with Crippen LogP contribution >= 0.6 is 24.8 Å². The van der Waals surface area contributed by atoms with Gasteiger partial charge in [0.2, 0.25) is 5.91 Å². The van der Waals surface area contributed by atoms with Crippen molar-refractivity contribution in [3.63, 3.8) is 0 Å². The Morgan fingerprint density at radius 3 is 2.57 bits per heavy atom. The number of hydrogen-bond acceptors (Lipinski definition) is 4. The number of amides is 1. The number of benzene rings is 1. The van der Waals surface area contributed by atoms with Crippen molar-refractivity contribution in [2.45, 2.75) is 12.3 Å². The van der Waals surface area contributed by atoms with Gasteiger partial charge in [0.05, 0.1) is 12.1 Å². The Bertz CT molecular complexity index is 754. The second-order valence-corrected chi connectivity index (χ2v) is 7.32. The van der Waals surface area contributed by atoms with Gasteiger partial charge in [-0.1, -0.05) is 18.2 Å². The number of nitrogens with zero attached hydrogens (tertiary/aromatic N) is 4. The first-order valence-corrected chi connectivity index (χ1v) is 9.50. The summed E-state index contributed by atoms with van der Waals surface area (Å²) >= 11 is 0. The van der Waals surface area contributed by atoms with E-state index in [1.54, 1.807) is 0 Å². The normalized spacial score (nSPS) is 22.2. The number of aryl methyl sites for hydroxylation is 1. The summed E-state index contributed by atoms with van der Waals surface area (Å²) in [6.45, 7) is 5.15. The Morgan fingerprint density at radius 1 is 1.07 bits per heavy atom. The molecule has 0 unspecified atom stereocenters. The van der Waals surface area contributed by atoms with Crippen LogP contribution in [-0.4, -0.2) is 59.9 Å². The number of hydrogen-bond donors (Lipinski definition) is 1. The molecule has 0 bridgehead atoms. The van der Waals surface area contributed by atoms with Crippen molar-refractivity contribution < 1.29 is 4.79 Å². The Hall–Kier alpha value is -1.76. The van der Waals surface area contributed by atoms with Gasteiger partial charge in [-0.3, -0.25) is 9.48 Å². The average molecular weight is 426 g/mol. The molecule has 154 valence electrons. The first-order valence-electron chi connectivity index (χ1n) is 9.50. The fourth-order valence-electron chi connectivity index (χ4n) is 4.19. The summed E-state index contributed by atoms with van der Waals surface area (Å²) in [5.74, 6) is 0.533. The Labute approximate surface area is 179 Å². The van der Waals surface area contributed by atoms with Gasteiger partial charge in [0.15, 0.2) is 0 Å². The van der Waals surface area contributed by atoms with Crippen molar-refractivity contribution in [1.29, 1.82) is 0 Å². The third-order valence-corrected chi connectivity index (χ3v) is 5.61. The third kappa shape index (κ3) is 4.80. The summed E-state index contributed by atoms with van der Waals surface area (Å²) in [7, 11) is 1.93. The quantitative estimate of drug-likeness (QED) is 0.819. The van der Waals surface area contributed by atoms with E-state index >= 15 is 0 Å². The first-order chi connectivity index (χ1) is 12.7. The van der Waals surface area contributed by atoms with Crippen LogP contribution in [0.25, 0.3) is 0 Å². The maximum atomic E-state index is 13.2. The number of para-hydroxylation sites is 1. The SMILES string of the molecule is Cl.Cl.Cn1cc([C@H]2CNC[C@@H]2C(=O)N2CCCN(c3ccccc3)CC2)cn1. The third-order valence-electron chi connectivity index (χ3n) is 5.61. The van der Waals surface area contributed by atoms with E-state index in [1.165, 1.54) is 5.69 Å². The van der Waals surface area contributed by atoms with Crippen molar-refractivity contribution in [2.75, 3.05) is 44.2 Å². The van der Waals surface area contributed by atoms with Gasteiger partial charge in [0.1, 0.15) is 0 Å². The van der Waals surface area contributed by atoms with Gasteiger partial charge >= 0.3 is 0 Å². The molecule has 0 saturated carbocycles. The number of nitrogens with one attached hydrogen (secondary N) is 1. The lowest BCUT2D eigenvalue weighted by atomic mass is 9.89. The van der Waals surface area contributed by atoms with Gasteiger partial charge in [-0.05, 0) is 24.1 Å². The van der Waals surface area contributed by atoms with Crippen molar-refractivity contribution >= 4 is 36.4 Å². The molecule has 2 aliphatic heterocycles. The van der Waals surface area contributed by atoms with Crippen molar-refractivity contribution in [2.24, 2.45) is 13.0 Å². The number of aromatic nitrogens is 2. The van der Waals surface area contributed by atoms with Gasteiger partial charge in [0, 0.05) is 64.1 Å². The number of carbonyl (C=O) groups is 1. The summed E-state index contributed by atoms with van der Waals surface area (Å²) in [5, 5.41) is 7.69. The number of anilines is 1. The Kier molecular flexibility index (Phi) is 8.16. The lowest BCUT2D eigenvalue weighted by Crippen LogP contribution is -2.41. The largest absolute Gasteiger partial charge is 0.370 e. The van der Waals surface area contributed by atoms with E-state index in [0.717, 1.165) is 51.3 Å². The van der Waals surface area contributed by atoms with Crippen LogP contribution in [0.5, 0.6) is 0 Å². The van der Waals surface area contributed by atoms with Crippen LogP contribution in [-0.2, 0) is 11.8 Å². The fraction of sp³-hybridized carbons (Fsp3) is 0.500. The molecule has 2 atom stereocenters. The van der Waals surface area contributed by atoms with Crippen LogP contribution in [0.4, 0.5) is 5.69 Å². The number of carbonyl (C=O) groups excluding carboxylic acids is 1. The minimum absolute atomic E-state index is 0. The van der Waals surface area contributed by atoms with Crippen LogP contribution in [0.2, 0.25) is 0 Å². The topological polar surface area (TPSA) is 53.4 Å². The van der Waals surface area contributed by atoms with E-state index in [1.807, 2.05) is 30.2 Å². The zero-order valence-electron chi connectivity index (χ0n) is 16.2. The fourth-order valence-corrected chi connectivity index (χ4v) is 4.19. The van der Waals surface area contributed by atoms with Crippen LogP contribution < -0.4 is 10.2 Å². The standard InChI is InChI=1S/C20H27N5O.2ClH/c1-23-15-16(12-22-23)18-13-21-14-19(18)20(26)25-9-5-8-24(10-11-25)17-6-3-2-4-7-17;;/h2-4,6-7,12,15,18-19,21H,5,8-11,13-14H2,1H3;2*1H/t18-,19+;;/m1../s1. The zero-order chi connectivity index (χ0) is 17.9. The molecule has 0 aliphatic carbocycles. The second kappa shape index (κ2) is 10.1. The molecule has 2 aromatic rings. The Balaban J connectivity index is 0.00000140. The maximum absolute atomic E-state index is 13.2. The molecule has 2 aliphatic rings. The van der Waals surface area contributed by atoms with E-state index in [9.17, 15) is 4.79 Å². The first kappa shape index (κ1) is 22.5. The molecule has 8 heteroatoms. The summed E-state index contributed by atoms with van der Waals surface area (Å²) in [6.07, 6.45) is 4.95.